The van der Waals surface area contributed by atoms with Gasteiger partial charge in [0, 0.05) is 31.7 Å². The van der Waals surface area contributed by atoms with Crippen molar-refractivity contribution in [2.75, 3.05) is 19.7 Å². The van der Waals surface area contributed by atoms with Crippen LogP contribution in [-0.4, -0.2) is 41.8 Å². The Kier molecular flexibility index (Phi) is 4.76. The summed E-state index contributed by atoms with van der Waals surface area (Å²) in [5.74, 6) is 0.109. The topological polar surface area (TPSA) is 75.8 Å². The minimum Gasteiger partial charge on any atom is -0.445 e. The molecule has 5 heteroatoms. The zero-order valence-corrected chi connectivity index (χ0v) is 10.9. The Morgan fingerprint density at radius 3 is 2.79 bits per heavy atom. The number of nitrogens with two attached hydrogens (primary N) is 1. The second-order valence-corrected chi connectivity index (χ2v) is 4.87. The third kappa shape index (κ3) is 3.45. The number of nitrogens with zero attached hydrogens (tertiary/aromatic N) is 1. The van der Waals surface area contributed by atoms with Crippen molar-refractivity contribution >= 4 is 6.09 Å². The van der Waals surface area contributed by atoms with Crippen LogP contribution in [0, 0.1) is 5.92 Å². The van der Waals surface area contributed by atoms with Crippen molar-refractivity contribution in [3.05, 3.63) is 35.9 Å². The van der Waals surface area contributed by atoms with Crippen molar-refractivity contribution in [2.45, 2.75) is 19.1 Å². The van der Waals surface area contributed by atoms with E-state index in [2.05, 4.69) is 0 Å². The lowest BCUT2D eigenvalue weighted by molar-refractivity contribution is 0.0913. The predicted octanol–water partition coefficient (Wildman–Crippen LogP) is 0.965. The number of benzene rings is 1. The number of rotatable bonds is 4. The normalized spacial score (nSPS) is 22.5. The molecule has 0 bridgehead atoms. The number of ether oxygens (including phenoxy) is 1. The van der Waals surface area contributed by atoms with Crippen molar-refractivity contribution in [1.82, 2.24) is 4.90 Å². The molecule has 1 aromatic carbocycles. The number of aliphatic hydroxyl groups is 1. The van der Waals surface area contributed by atoms with Crippen LogP contribution in [0.5, 0.6) is 0 Å². The first-order valence-corrected chi connectivity index (χ1v) is 6.52. The van der Waals surface area contributed by atoms with E-state index in [4.69, 9.17) is 15.6 Å². The second kappa shape index (κ2) is 6.54. The quantitative estimate of drug-likeness (QED) is 0.849. The van der Waals surface area contributed by atoms with Gasteiger partial charge in [0.15, 0.2) is 0 Å². The van der Waals surface area contributed by atoms with Gasteiger partial charge in [-0.1, -0.05) is 30.3 Å². The van der Waals surface area contributed by atoms with Gasteiger partial charge in [0.1, 0.15) is 6.61 Å². The van der Waals surface area contributed by atoms with Gasteiger partial charge in [0.25, 0.3) is 0 Å². The molecule has 0 aromatic heterocycles. The Morgan fingerprint density at radius 2 is 2.16 bits per heavy atom. The largest absolute Gasteiger partial charge is 0.445 e. The zero-order valence-electron chi connectivity index (χ0n) is 10.9. The Balaban J connectivity index is 1.89. The number of carbonyl (C=O) groups excluding carboxylic acids is 1. The smallest absolute Gasteiger partial charge is 0.410 e. The van der Waals surface area contributed by atoms with Crippen LogP contribution in [0.15, 0.2) is 30.3 Å². The van der Waals surface area contributed by atoms with Crippen molar-refractivity contribution in [3.63, 3.8) is 0 Å². The summed E-state index contributed by atoms with van der Waals surface area (Å²) in [5, 5.41) is 9.17. The molecule has 1 heterocycles. The van der Waals surface area contributed by atoms with Gasteiger partial charge >= 0.3 is 6.09 Å². The molecule has 1 aliphatic heterocycles. The number of carbonyl (C=O) groups is 1. The molecular formula is C14H20N2O3. The van der Waals surface area contributed by atoms with E-state index in [0.717, 1.165) is 12.0 Å². The van der Waals surface area contributed by atoms with Crippen LogP contribution in [0.2, 0.25) is 0 Å². The van der Waals surface area contributed by atoms with E-state index in [1.54, 1.807) is 4.90 Å². The molecule has 2 rings (SSSR count). The predicted molar refractivity (Wildman–Crippen MR) is 71.4 cm³/mol. The molecule has 19 heavy (non-hydrogen) atoms. The van der Waals surface area contributed by atoms with Gasteiger partial charge in [-0.05, 0) is 12.0 Å². The monoisotopic (exact) mass is 264 g/mol. The third-order valence-corrected chi connectivity index (χ3v) is 3.47. The summed E-state index contributed by atoms with van der Waals surface area (Å²) in [7, 11) is 0. The lowest BCUT2D eigenvalue weighted by atomic mass is 10.1. The number of hydrogen-bond donors (Lipinski definition) is 2. The maximum absolute atomic E-state index is 12.0. The van der Waals surface area contributed by atoms with Gasteiger partial charge in [-0.25, -0.2) is 4.79 Å². The van der Waals surface area contributed by atoms with E-state index >= 15 is 0 Å². The summed E-state index contributed by atoms with van der Waals surface area (Å²) in [5.41, 5.74) is 6.61. The minimum atomic E-state index is -0.352. The average molecular weight is 264 g/mol. The first-order valence-electron chi connectivity index (χ1n) is 6.52. The van der Waals surface area contributed by atoms with E-state index in [-0.39, 0.29) is 31.3 Å². The number of amides is 1. The fraction of sp³-hybridized carbons (Fsp3) is 0.500. The fourth-order valence-corrected chi connectivity index (χ4v) is 2.40. The zero-order chi connectivity index (χ0) is 13.7. The lowest BCUT2D eigenvalue weighted by Crippen LogP contribution is -2.40. The average Bonchev–Trinajstić information content (AvgIpc) is 2.89. The molecule has 0 radical (unpaired) electrons. The van der Waals surface area contributed by atoms with Crippen LogP contribution in [0.25, 0.3) is 0 Å². The van der Waals surface area contributed by atoms with Gasteiger partial charge in [-0.15, -0.1) is 0 Å². The SMILES string of the molecule is NC[C@@H]1C[C@@H](CO)CN1C(=O)OCc1ccccc1. The molecule has 0 unspecified atom stereocenters. The molecule has 1 amide bonds. The first-order chi connectivity index (χ1) is 9.24. The molecule has 2 atom stereocenters. The van der Waals surface area contributed by atoms with Crippen molar-refractivity contribution in [3.8, 4) is 0 Å². The highest BCUT2D eigenvalue weighted by Crippen LogP contribution is 2.23. The number of aliphatic hydroxyl groups excluding tert-OH is 1. The molecule has 104 valence electrons. The van der Waals surface area contributed by atoms with E-state index in [1.165, 1.54) is 0 Å². The molecular weight excluding hydrogens is 244 g/mol. The Bertz CT molecular complexity index is 410. The Morgan fingerprint density at radius 1 is 1.42 bits per heavy atom. The highest BCUT2D eigenvalue weighted by Gasteiger charge is 2.34. The minimum absolute atomic E-state index is 0.0274. The maximum Gasteiger partial charge on any atom is 0.410 e. The Hall–Kier alpha value is -1.59. The van der Waals surface area contributed by atoms with Crippen LogP contribution in [0.3, 0.4) is 0 Å². The van der Waals surface area contributed by atoms with E-state index < -0.39 is 0 Å². The molecule has 5 nitrogen and oxygen atoms in total. The van der Waals surface area contributed by atoms with Crippen LogP contribution < -0.4 is 5.73 Å². The molecule has 1 aromatic rings. The van der Waals surface area contributed by atoms with Crippen LogP contribution in [-0.2, 0) is 11.3 Å². The summed E-state index contributed by atoms with van der Waals surface area (Å²) in [4.78, 5) is 13.6. The summed E-state index contributed by atoms with van der Waals surface area (Å²) >= 11 is 0. The summed E-state index contributed by atoms with van der Waals surface area (Å²) in [6, 6.07) is 9.53. The number of likely N-dealkylation sites (tertiary alicyclic amines) is 1. The van der Waals surface area contributed by atoms with Gasteiger partial charge in [-0.3, -0.25) is 0 Å². The maximum atomic E-state index is 12.0. The van der Waals surface area contributed by atoms with E-state index in [9.17, 15) is 4.79 Å². The lowest BCUT2D eigenvalue weighted by Gasteiger charge is -2.22. The van der Waals surface area contributed by atoms with Gasteiger partial charge < -0.3 is 20.5 Å². The van der Waals surface area contributed by atoms with E-state index in [0.29, 0.717) is 13.1 Å². The van der Waals surface area contributed by atoms with Gasteiger partial charge in [0.2, 0.25) is 0 Å². The Labute approximate surface area is 113 Å². The summed E-state index contributed by atoms with van der Waals surface area (Å²) in [6.45, 7) is 1.26. The van der Waals surface area contributed by atoms with E-state index in [1.807, 2.05) is 30.3 Å². The van der Waals surface area contributed by atoms with Crippen LogP contribution in [0.1, 0.15) is 12.0 Å². The van der Waals surface area contributed by atoms with Crippen molar-refractivity contribution < 1.29 is 14.6 Å². The van der Waals surface area contributed by atoms with Gasteiger partial charge in [0.05, 0.1) is 0 Å². The van der Waals surface area contributed by atoms with Crippen LogP contribution in [0.4, 0.5) is 4.79 Å². The standard InChI is InChI=1S/C14H20N2O3/c15-7-13-6-12(9-17)8-16(13)14(18)19-10-11-4-2-1-3-5-11/h1-5,12-13,17H,6-10,15H2/t12-,13+/m1/s1. The fourth-order valence-electron chi connectivity index (χ4n) is 2.40. The molecule has 1 fully saturated rings. The highest BCUT2D eigenvalue weighted by molar-refractivity contribution is 5.68. The summed E-state index contributed by atoms with van der Waals surface area (Å²) in [6.07, 6.45) is 0.392. The molecule has 0 aliphatic carbocycles. The molecule has 0 saturated carbocycles. The first kappa shape index (κ1) is 13.8. The third-order valence-electron chi connectivity index (χ3n) is 3.47. The van der Waals surface area contributed by atoms with Gasteiger partial charge in [-0.2, -0.15) is 0 Å². The molecule has 3 N–H and O–H groups in total. The molecule has 1 saturated heterocycles. The van der Waals surface area contributed by atoms with Crippen molar-refractivity contribution in [1.29, 1.82) is 0 Å². The number of hydrogen-bond acceptors (Lipinski definition) is 4. The van der Waals surface area contributed by atoms with Crippen molar-refractivity contribution in [2.24, 2.45) is 11.7 Å². The molecule has 0 spiro atoms. The van der Waals surface area contributed by atoms with Crippen LogP contribution >= 0.6 is 0 Å². The molecule has 1 aliphatic rings. The summed E-state index contributed by atoms with van der Waals surface area (Å²) < 4.78 is 5.29. The second-order valence-electron chi connectivity index (χ2n) is 4.87. The highest BCUT2D eigenvalue weighted by atomic mass is 16.6.